The number of nitrogens with one attached hydrogen (secondary N) is 1. The Hall–Kier alpha value is -1.13. The van der Waals surface area contributed by atoms with Crippen LogP contribution in [0.2, 0.25) is 0 Å². The summed E-state index contributed by atoms with van der Waals surface area (Å²) in [6, 6.07) is 0. The topological polar surface area (TPSA) is 112 Å². The Bertz CT molecular complexity index is 549. The predicted molar refractivity (Wildman–Crippen MR) is 78.5 cm³/mol. The number of ether oxygens (including phenoxy) is 1. The van der Waals surface area contributed by atoms with Crippen molar-refractivity contribution in [2.45, 2.75) is 42.8 Å². The summed E-state index contributed by atoms with van der Waals surface area (Å²) in [4.78, 5) is 8.18. The second-order valence-corrected chi connectivity index (χ2v) is 5.85. The van der Waals surface area contributed by atoms with Gasteiger partial charge in [0.05, 0.1) is 36.7 Å². The largest absolute Gasteiger partial charge is 0.391 e. The number of aliphatic hydroxyl groups is 3. The van der Waals surface area contributed by atoms with Crippen molar-refractivity contribution in [3.63, 3.8) is 0 Å². The average molecular weight is 314 g/mol. The molecule has 0 spiro atoms. The highest BCUT2D eigenvalue weighted by Gasteiger charge is 2.45. The molecule has 1 saturated heterocycles. The molecule has 2 aliphatic rings. The highest BCUT2D eigenvalue weighted by Crippen LogP contribution is 2.38. The first-order valence-corrected chi connectivity index (χ1v) is 7.21. The Labute approximate surface area is 126 Å². The van der Waals surface area contributed by atoms with Gasteiger partial charge < -0.3 is 25.4 Å². The van der Waals surface area contributed by atoms with Gasteiger partial charge in [-0.1, -0.05) is 0 Å². The molecule has 3 rings (SSSR count). The van der Waals surface area contributed by atoms with Crippen LogP contribution in [0.1, 0.15) is 24.9 Å². The van der Waals surface area contributed by atoms with Crippen LogP contribution in [0.4, 0.5) is 5.82 Å². The number of hydrogen-bond donors (Lipinski definition) is 5. The highest BCUT2D eigenvalue weighted by atomic mass is 32.1. The van der Waals surface area contributed by atoms with E-state index in [1.54, 1.807) is 11.5 Å². The third-order valence-electron chi connectivity index (χ3n) is 3.73. The molecule has 21 heavy (non-hydrogen) atoms. The zero-order chi connectivity index (χ0) is 15.1. The smallest absolute Gasteiger partial charge is 0.151 e. The van der Waals surface area contributed by atoms with Crippen molar-refractivity contribution in [1.29, 1.82) is 0 Å². The first kappa shape index (κ1) is 14.8. The summed E-state index contributed by atoms with van der Waals surface area (Å²) in [6.45, 7) is 1.78. The van der Waals surface area contributed by atoms with E-state index in [-0.39, 0.29) is 6.54 Å². The standard InChI is InChI=1S/C12H18N4O4S/c1-5(17)9-8(19)10(21)12(20-9)16-4-15-7-6(18)2-13-3-14-11(7)16/h3-6,8-10,12,17-19,21H,2H2,1H3,(H,13,14)/t5?,6-,8-,9-,10-,12-/m1/s1. The molecule has 1 aromatic rings. The van der Waals surface area contributed by atoms with Crippen LogP contribution in [-0.4, -0.2) is 61.3 Å². The summed E-state index contributed by atoms with van der Waals surface area (Å²) in [5, 5.41) is 32.2. The Balaban J connectivity index is 1.93. The van der Waals surface area contributed by atoms with E-state index < -0.39 is 35.9 Å². The van der Waals surface area contributed by atoms with Gasteiger partial charge in [-0.05, 0) is 6.92 Å². The minimum Gasteiger partial charge on any atom is -0.391 e. The number of nitrogens with zero attached hydrogens (tertiary/aromatic N) is 3. The summed E-state index contributed by atoms with van der Waals surface area (Å²) >= 11 is 4.38. The van der Waals surface area contributed by atoms with Crippen molar-refractivity contribution in [1.82, 2.24) is 9.55 Å². The molecule has 1 fully saturated rings. The van der Waals surface area contributed by atoms with Gasteiger partial charge in [0.15, 0.2) is 6.23 Å². The molecule has 2 aliphatic heterocycles. The minimum absolute atomic E-state index is 0.228. The number of rotatable bonds is 2. The summed E-state index contributed by atoms with van der Waals surface area (Å²) in [5.74, 6) is 0.547. The fourth-order valence-electron chi connectivity index (χ4n) is 2.62. The Kier molecular flexibility index (Phi) is 3.93. The van der Waals surface area contributed by atoms with E-state index in [1.807, 2.05) is 0 Å². The van der Waals surface area contributed by atoms with E-state index in [4.69, 9.17) is 4.74 Å². The molecule has 0 aromatic carbocycles. The van der Waals surface area contributed by atoms with Gasteiger partial charge in [0.2, 0.25) is 0 Å². The molecule has 1 aromatic heterocycles. The van der Waals surface area contributed by atoms with Crippen molar-refractivity contribution in [3.05, 3.63) is 12.0 Å². The minimum atomic E-state index is -0.902. The van der Waals surface area contributed by atoms with Crippen molar-refractivity contribution in [2.24, 2.45) is 4.99 Å². The number of hydrogen-bond acceptors (Lipinski definition) is 8. The fraction of sp³-hybridized carbons (Fsp3) is 0.667. The van der Waals surface area contributed by atoms with Gasteiger partial charge in [-0.3, -0.25) is 9.56 Å². The summed E-state index contributed by atoms with van der Waals surface area (Å²) in [6.07, 6.45) is -0.846. The van der Waals surface area contributed by atoms with Crippen LogP contribution in [0.5, 0.6) is 0 Å². The number of aliphatic hydroxyl groups excluding tert-OH is 3. The van der Waals surface area contributed by atoms with Gasteiger partial charge in [0.25, 0.3) is 0 Å². The molecule has 6 atom stereocenters. The molecule has 0 bridgehead atoms. The van der Waals surface area contributed by atoms with Gasteiger partial charge in [0, 0.05) is 0 Å². The Morgan fingerprint density at radius 1 is 1.52 bits per heavy atom. The lowest BCUT2D eigenvalue weighted by Gasteiger charge is -2.19. The molecular formula is C12H18N4O4S. The van der Waals surface area contributed by atoms with Gasteiger partial charge in [-0.2, -0.15) is 12.6 Å². The molecule has 116 valence electrons. The van der Waals surface area contributed by atoms with Crippen LogP contribution < -0.4 is 5.32 Å². The van der Waals surface area contributed by atoms with Crippen LogP contribution in [0, 0.1) is 0 Å². The summed E-state index contributed by atoms with van der Waals surface area (Å²) in [7, 11) is 0. The van der Waals surface area contributed by atoms with E-state index in [0.29, 0.717) is 11.5 Å². The SMILES string of the molecule is CC(O)[C@H]1O[C@@H](n2cnc3c2NC=NC[C@H]3O)[C@H](S)[C@@H]1O. The Morgan fingerprint density at radius 3 is 2.95 bits per heavy atom. The van der Waals surface area contributed by atoms with Crippen molar-refractivity contribution in [3.8, 4) is 0 Å². The van der Waals surface area contributed by atoms with Crippen LogP contribution in [0.25, 0.3) is 0 Å². The third-order valence-corrected chi connectivity index (χ3v) is 4.29. The van der Waals surface area contributed by atoms with Gasteiger partial charge in [0.1, 0.15) is 23.7 Å². The van der Waals surface area contributed by atoms with E-state index in [1.165, 1.54) is 12.7 Å². The van der Waals surface area contributed by atoms with Gasteiger partial charge in [-0.15, -0.1) is 0 Å². The van der Waals surface area contributed by atoms with Crippen LogP contribution >= 0.6 is 12.6 Å². The average Bonchev–Trinajstić information content (AvgIpc) is 2.92. The molecule has 8 nitrogen and oxygen atoms in total. The lowest BCUT2D eigenvalue weighted by Crippen LogP contribution is -2.35. The van der Waals surface area contributed by atoms with Crippen molar-refractivity contribution < 1.29 is 20.1 Å². The van der Waals surface area contributed by atoms with Gasteiger partial charge in [-0.25, -0.2) is 4.98 Å². The molecule has 0 aliphatic carbocycles. The van der Waals surface area contributed by atoms with Crippen LogP contribution in [-0.2, 0) is 4.74 Å². The number of aromatic nitrogens is 2. The van der Waals surface area contributed by atoms with Crippen molar-refractivity contribution >= 4 is 24.8 Å². The maximum Gasteiger partial charge on any atom is 0.151 e. The molecule has 0 amide bonds. The van der Waals surface area contributed by atoms with Crippen molar-refractivity contribution in [2.75, 3.05) is 11.9 Å². The third kappa shape index (κ3) is 2.44. The quantitative estimate of drug-likeness (QED) is 0.462. The highest BCUT2D eigenvalue weighted by molar-refractivity contribution is 7.81. The monoisotopic (exact) mass is 314 g/mol. The van der Waals surface area contributed by atoms with Crippen LogP contribution in [0.3, 0.4) is 0 Å². The first-order chi connectivity index (χ1) is 10.0. The normalized spacial score (nSPS) is 36.9. The number of anilines is 1. The second kappa shape index (κ2) is 5.58. The molecule has 0 radical (unpaired) electrons. The number of thiol groups is 1. The van der Waals surface area contributed by atoms with E-state index in [9.17, 15) is 15.3 Å². The second-order valence-electron chi connectivity index (χ2n) is 5.25. The summed E-state index contributed by atoms with van der Waals surface area (Å²) < 4.78 is 7.37. The number of aliphatic imine (C=N–C) groups is 1. The zero-order valence-corrected chi connectivity index (χ0v) is 12.3. The summed E-state index contributed by atoms with van der Waals surface area (Å²) in [5.41, 5.74) is 0.464. The maximum absolute atomic E-state index is 10.1. The first-order valence-electron chi connectivity index (χ1n) is 6.70. The van der Waals surface area contributed by atoms with E-state index >= 15 is 0 Å². The number of imidazole rings is 1. The number of fused-ring (bicyclic) bond motifs is 1. The molecule has 0 saturated carbocycles. The lowest BCUT2D eigenvalue weighted by atomic mass is 10.1. The van der Waals surface area contributed by atoms with Gasteiger partial charge >= 0.3 is 0 Å². The predicted octanol–water partition coefficient (Wildman–Crippen LogP) is -0.692. The Morgan fingerprint density at radius 2 is 2.29 bits per heavy atom. The van der Waals surface area contributed by atoms with E-state index in [2.05, 4.69) is 27.9 Å². The molecule has 4 N–H and O–H groups in total. The fourth-order valence-corrected chi connectivity index (χ4v) is 3.00. The molecular weight excluding hydrogens is 296 g/mol. The van der Waals surface area contributed by atoms with E-state index in [0.717, 1.165) is 0 Å². The van der Waals surface area contributed by atoms with Crippen LogP contribution in [0.15, 0.2) is 11.3 Å². The molecule has 3 heterocycles. The zero-order valence-electron chi connectivity index (χ0n) is 11.4. The molecule has 9 heteroatoms. The lowest BCUT2D eigenvalue weighted by molar-refractivity contribution is -0.0753. The molecule has 1 unspecified atom stereocenters. The maximum atomic E-state index is 10.1.